The van der Waals surface area contributed by atoms with Crippen molar-refractivity contribution in [3.8, 4) is 0 Å². The maximum absolute atomic E-state index is 12.0. The Morgan fingerprint density at radius 1 is 1.47 bits per heavy atom. The molecule has 1 saturated heterocycles. The van der Waals surface area contributed by atoms with E-state index in [9.17, 15) is 9.90 Å². The van der Waals surface area contributed by atoms with E-state index in [1.165, 1.54) is 0 Å². The first-order valence-corrected chi connectivity index (χ1v) is 6.28. The molecule has 0 aromatic carbocycles. The summed E-state index contributed by atoms with van der Waals surface area (Å²) in [5.41, 5.74) is -1.45. The zero-order chi connectivity index (χ0) is 13.3. The first kappa shape index (κ1) is 14.5. The van der Waals surface area contributed by atoms with Crippen molar-refractivity contribution in [3.63, 3.8) is 0 Å². The smallest absolute Gasteiger partial charge is 0.312 e. The van der Waals surface area contributed by atoms with Crippen LogP contribution in [-0.4, -0.2) is 47.3 Å². The number of carbonyl (C=O) groups is 1. The van der Waals surface area contributed by atoms with Gasteiger partial charge in [-0.05, 0) is 54.1 Å². The molecular weight excluding hydrogens is 218 g/mol. The Hall–Kier alpha value is -0.610. The number of aliphatic hydroxyl groups is 1. The quantitative estimate of drug-likeness (QED) is 0.745. The second-order valence-electron chi connectivity index (χ2n) is 6.20. The maximum Gasteiger partial charge on any atom is 0.312 e. The number of β-amino-alcohol motifs (C(OH)–C–C–N with tert-alkyl or cyclic N) is 1. The lowest BCUT2D eigenvalue weighted by molar-refractivity contribution is -0.172. The van der Waals surface area contributed by atoms with E-state index in [1.807, 2.05) is 27.8 Å². The fraction of sp³-hybridized carbons (Fsp3) is 0.923. The number of rotatable bonds is 2. The topological polar surface area (TPSA) is 49.8 Å². The number of ether oxygens (including phenoxy) is 1. The molecule has 100 valence electrons. The van der Waals surface area contributed by atoms with E-state index in [0.717, 1.165) is 13.0 Å². The number of piperidine rings is 1. The molecule has 1 heterocycles. The van der Waals surface area contributed by atoms with Crippen LogP contribution in [0.3, 0.4) is 0 Å². The van der Waals surface area contributed by atoms with Gasteiger partial charge < -0.3 is 14.7 Å². The number of hydrogen-bond acceptors (Lipinski definition) is 4. The van der Waals surface area contributed by atoms with Gasteiger partial charge in [-0.25, -0.2) is 0 Å². The van der Waals surface area contributed by atoms with Crippen molar-refractivity contribution in [2.45, 2.75) is 51.7 Å². The standard InChI is InChI=1S/C13H25NO3/c1-10(11(15)17-12(2,3)4)13(16)7-6-8-14(5)9-13/h10,16H,6-9H2,1-5H3. The maximum atomic E-state index is 12.0. The highest BCUT2D eigenvalue weighted by atomic mass is 16.6. The van der Waals surface area contributed by atoms with Crippen molar-refractivity contribution in [1.29, 1.82) is 0 Å². The van der Waals surface area contributed by atoms with E-state index < -0.39 is 17.1 Å². The van der Waals surface area contributed by atoms with Gasteiger partial charge in [-0.2, -0.15) is 0 Å². The van der Waals surface area contributed by atoms with Gasteiger partial charge in [0.25, 0.3) is 0 Å². The molecule has 4 heteroatoms. The van der Waals surface area contributed by atoms with Gasteiger partial charge >= 0.3 is 5.97 Å². The molecule has 2 unspecified atom stereocenters. The Balaban J connectivity index is 2.67. The molecule has 1 aliphatic heterocycles. The number of nitrogens with zero attached hydrogens (tertiary/aromatic N) is 1. The molecule has 0 spiro atoms. The summed E-state index contributed by atoms with van der Waals surface area (Å²) in [4.78, 5) is 14.0. The Morgan fingerprint density at radius 2 is 2.06 bits per heavy atom. The van der Waals surface area contributed by atoms with E-state index in [4.69, 9.17) is 4.74 Å². The molecule has 4 nitrogen and oxygen atoms in total. The Labute approximate surface area is 104 Å². The normalized spacial score (nSPS) is 28.8. The third kappa shape index (κ3) is 3.96. The highest BCUT2D eigenvalue weighted by molar-refractivity contribution is 5.74. The number of esters is 1. The lowest BCUT2D eigenvalue weighted by Gasteiger charge is -2.41. The summed E-state index contributed by atoms with van der Waals surface area (Å²) in [5, 5.41) is 10.5. The molecule has 0 aromatic rings. The van der Waals surface area contributed by atoms with Crippen molar-refractivity contribution in [2.75, 3.05) is 20.1 Å². The van der Waals surface area contributed by atoms with Gasteiger partial charge in [-0.1, -0.05) is 0 Å². The lowest BCUT2D eigenvalue weighted by atomic mass is 9.82. The molecule has 0 radical (unpaired) electrons. The zero-order valence-electron chi connectivity index (χ0n) is 11.6. The number of hydrogen-bond donors (Lipinski definition) is 1. The fourth-order valence-electron chi connectivity index (χ4n) is 2.24. The van der Waals surface area contributed by atoms with Gasteiger partial charge in [0.2, 0.25) is 0 Å². The monoisotopic (exact) mass is 243 g/mol. The molecule has 0 saturated carbocycles. The van der Waals surface area contributed by atoms with Crippen LogP contribution in [-0.2, 0) is 9.53 Å². The van der Waals surface area contributed by atoms with Crippen LogP contribution in [0, 0.1) is 5.92 Å². The summed E-state index contributed by atoms with van der Waals surface area (Å²) < 4.78 is 5.34. The minimum Gasteiger partial charge on any atom is -0.460 e. The van der Waals surface area contributed by atoms with Crippen LogP contribution in [0.5, 0.6) is 0 Å². The van der Waals surface area contributed by atoms with Crippen molar-refractivity contribution in [1.82, 2.24) is 4.90 Å². The summed E-state index contributed by atoms with van der Waals surface area (Å²) in [5.74, 6) is -0.792. The van der Waals surface area contributed by atoms with Crippen LogP contribution < -0.4 is 0 Å². The van der Waals surface area contributed by atoms with Crippen LogP contribution in [0.15, 0.2) is 0 Å². The third-order valence-corrected chi connectivity index (χ3v) is 3.26. The van der Waals surface area contributed by atoms with Crippen LogP contribution in [0.1, 0.15) is 40.5 Å². The van der Waals surface area contributed by atoms with Crippen molar-refractivity contribution in [3.05, 3.63) is 0 Å². The van der Waals surface area contributed by atoms with Crippen LogP contribution in [0.25, 0.3) is 0 Å². The lowest BCUT2D eigenvalue weighted by Crippen LogP contribution is -2.53. The molecule has 0 aliphatic carbocycles. The first-order chi connectivity index (χ1) is 7.64. The number of likely N-dealkylation sites (tertiary alicyclic amines) is 1. The van der Waals surface area contributed by atoms with Gasteiger partial charge in [0.05, 0.1) is 11.5 Å². The van der Waals surface area contributed by atoms with E-state index in [1.54, 1.807) is 6.92 Å². The van der Waals surface area contributed by atoms with E-state index in [-0.39, 0.29) is 5.97 Å². The predicted molar refractivity (Wildman–Crippen MR) is 66.7 cm³/mol. The highest BCUT2D eigenvalue weighted by Gasteiger charge is 2.42. The molecule has 0 amide bonds. The second kappa shape index (κ2) is 4.94. The van der Waals surface area contributed by atoms with Gasteiger partial charge in [-0.15, -0.1) is 0 Å². The van der Waals surface area contributed by atoms with Crippen molar-refractivity contribution in [2.24, 2.45) is 5.92 Å². The number of carbonyl (C=O) groups excluding carboxylic acids is 1. The van der Waals surface area contributed by atoms with Gasteiger partial charge in [0.1, 0.15) is 5.60 Å². The Bertz CT molecular complexity index is 285. The minimum absolute atomic E-state index is 0.310. The van der Waals surface area contributed by atoms with E-state index in [2.05, 4.69) is 4.90 Å². The van der Waals surface area contributed by atoms with Crippen molar-refractivity contribution < 1.29 is 14.6 Å². The minimum atomic E-state index is -0.949. The molecule has 1 N–H and O–H groups in total. The summed E-state index contributed by atoms with van der Waals surface area (Å²) in [6.45, 7) is 8.79. The summed E-state index contributed by atoms with van der Waals surface area (Å²) in [7, 11) is 1.96. The Kier molecular flexibility index (Phi) is 4.20. The van der Waals surface area contributed by atoms with E-state index in [0.29, 0.717) is 13.0 Å². The molecule has 1 fully saturated rings. The largest absolute Gasteiger partial charge is 0.460 e. The first-order valence-electron chi connectivity index (χ1n) is 6.28. The number of likely N-dealkylation sites (N-methyl/N-ethyl adjacent to an activating group) is 1. The summed E-state index contributed by atoms with van der Waals surface area (Å²) >= 11 is 0. The SMILES string of the molecule is CC(C(=O)OC(C)(C)C)C1(O)CCCN(C)C1. The Morgan fingerprint density at radius 3 is 2.53 bits per heavy atom. The molecule has 0 aromatic heterocycles. The fourth-order valence-corrected chi connectivity index (χ4v) is 2.24. The van der Waals surface area contributed by atoms with Gasteiger partial charge in [0.15, 0.2) is 0 Å². The molecule has 1 aliphatic rings. The highest BCUT2D eigenvalue weighted by Crippen LogP contribution is 2.29. The summed E-state index contributed by atoms with van der Waals surface area (Å²) in [6, 6.07) is 0. The van der Waals surface area contributed by atoms with Crippen LogP contribution in [0.4, 0.5) is 0 Å². The third-order valence-electron chi connectivity index (χ3n) is 3.26. The van der Waals surface area contributed by atoms with Crippen molar-refractivity contribution >= 4 is 5.97 Å². The zero-order valence-corrected chi connectivity index (χ0v) is 11.6. The predicted octanol–water partition coefficient (Wildman–Crippen LogP) is 1.42. The van der Waals surface area contributed by atoms with Crippen LogP contribution in [0.2, 0.25) is 0 Å². The average molecular weight is 243 g/mol. The molecular formula is C13H25NO3. The molecule has 0 bridgehead atoms. The molecule has 1 rings (SSSR count). The molecule has 17 heavy (non-hydrogen) atoms. The summed E-state index contributed by atoms with van der Waals surface area (Å²) in [6.07, 6.45) is 1.58. The second-order valence-corrected chi connectivity index (χ2v) is 6.20. The van der Waals surface area contributed by atoms with Gasteiger partial charge in [0, 0.05) is 6.54 Å². The average Bonchev–Trinajstić information content (AvgIpc) is 2.13. The molecule has 2 atom stereocenters. The van der Waals surface area contributed by atoms with E-state index >= 15 is 0 Å². The van der Waals surface area contributed by atoms with Gasteiger partial charge in [-0.3, -0.25) is 4.79 Å². The van der Waals surface area contributed by atoms with Crippen LogP contribution >= 0.6 is 0 Å².